The van der Waals surface area contributed by atoms with Gasteiger partial charge in [0.05, 0.1) is 6.61 Å². The van der Waals surface area contributed by atoms with Gasteiger partial charge in [-0.25, -0.2) is 4.79 Å². The number of ketones is 2. The van der Waals surface area contributed by atoms with Crippen LogP contribution in [0.15, 0.2) is 23.8 Å². The van der Waals surface area contributed by atoms with E-state index in [0.717, 1.165) is 37.7 Å². The summed E-state index contributed by atoms with van der Waals surface area (Å²) in [5.74, 6) is 1.92. The SMILES string of the molecule is CCOC(=O)/C=C/[C@@H](C)[C@H]1CC[C@H]2[C@@H]3C(=O)C=C4CC(=O)CC[C@]4(C)[C@H]3CC[C@]12C. The lowest BCUT2D eigenvalue weighted by Crippen LogP contribution is -2.53. The first-order valence-electron chi connectivity index (χ1n) is 11.8. The second-order valence-electron chi connectivity index (χ2n) is 10.6. The molecular formula is C26H36O4. The molecule has 3 fully saturated rings. The van der Waals surface area contributed by atoms with E-state index in [1.54, 1.807) is 6.08 Å². The van der Waals surface area contributed by atoms with Crippen LogP contribution in [0.5, 0.6) is 0 Å². The molecule has 0 aliphatic heterocycles. The van der Waals surface area contributed by atoms with E-state index in [-0.39, 0.29) is 40.2 Å². The van der Waals surface area contributed by atoms with Crippen molar-refractivity contribution >= 4 is 17.5 Å². The quantitative estimate of drug-likeness (QED) is 0.478. The van der Waals surface area contributed by atoms with Crippen LogP contribution in [0, 0.1) is 40.4 Å². The van der Waals surface area contributed by atoms with Crippen molar-refractivity contribution < 1.29 is 19.1 Å². The third kappa shape index (κ3) is 3.31. The lowest BCUT2D eigenvalue weighted by molar-refractivity contribution is -0.137. The summed E-state index contributed by atoms with van der Waals surface area (Å²) in [6.07, 6.45) is 11.9. The van der Waals surface area contributed by atoms with Gasteiger partial charge in [-0.1, -0.05) is 32.4 Å². The number of carbonyl (C=O) groups excluding carboxylic acids is 3. The third-order valence-corrected chi connectivity index (χ3v) is 9.31. The normalized spacial score (nSPS) is 41.7. The molecular weight excluding hydrogens is 376 g/mol. The molecule has 0 N–H and O–H groups in total. The summed E-state index contributed by atoms with van der Waals surface area (Å²) < 4.78 is 5.04. The van der Waals surface area contributed by atoms with E-state index >= 15 is 0 Å². The van der Waals surface area contributed by atoms with Crippen molar-refractivity contribution in [2.45, 2.75) is 72.6 Å². The first-order chi connectivity index (χ1) is 14.2. The van der Waals surface area contributed by atoms with Gasteiger partial charge in [-0.05, 0) is 79.6 Å². The van der Waals surface area contributed by atoms with Crippen LogP contribution in [0.1, 0.15) is 72.6 Å². The first kappa shape index (κ1) is 21.5. The Hall–Kier alpha value is -1.71. The number of carbonyl (C=O) groups is 3. The van der Waals surface area contributed by atoms with Gasteiger partial charge in [0.15, 0.2) is 5.78 Å². The van der Waals surface area contributed by atoms with E-state index in [4.69, 9.17) is 4.74 Å². The lowest BCUT2D eigenvalue weighted by atomic mass is 9.47. The van der Waals surface area contributed by atoms with E-state index in [1.807, 2.05) is 19.1 Å². The maximum absolute atomic E-state index is 13.3. The Labute approximate surface area is 180 Å². The Bertz CT molecular complexity index is 808. The standard InChI is InChI=1S/C26H36O4/c1-5-30-23(29)9-6-16(2)19-7-8-20-24-21(11-13-26(19,20)4)25(3)12-10-18(27)14-17(25)15-22(24)28/h6,9,15-16,19-21,24H,5,7-8,10-14H2,1-4H3/b9-6+/t16-,19-,20+,21+,24+,25+,26-/m1/s1. The molecule has 4 heteroatoms. The molecule has 0 spiro atoms. The molecule has 4 aliphatic carbocycles. The minimum atomic E-state index is -0.271. The fraction of sp³-hybridized carbons (Fsp3) is 0.731. The molecule has 7 atom stereocenters. The Balaban J connectivity index is 1.58. The van der Waals surface area contributed by atoms with Crippen molar-refractivity contribution in [3.63, 3.8) is 0 Å². The summed E-state index contributed by atoms with van der Waals surface area (Å²) in [5.41, 5.74) is 1.25. The van der Waals surface area contributed by atoms with Crippen molar-refractivity contribution in [3.8, 4) is 0 Å². The molecule has 0 aromatic carbocycles. The van der Waals surface area contributed by atoms with Gasteiger partial charge in [0.2, 0.25) is 0 Å². The molecule has 0 amide bonds. The zero-order chi connectivity index (χ0) is 21.7. The van der Waals surface area contributed by atoms with Crippen LogP contribution in [0.3, 0.4) is 0 Å². The van der Waals surface area contributed by atoms with Gasteiger partial charge in [-0.2, -0.15) is 0 Å². The Morgan fingerprint density at radius 3 is 2.70 bits per heavy atom. The highest BCUT2D eigenvalue weighted by Crippen LogP contribution is 2.66. The highest BCUT2D eigenvalue weighted by atomic mass is 16.5. The van der Waals surface area contributed by atoms with E-state index < -0.39 is 0 Å². The molecule has 0 radical (unpaired) electrons. The highest BCUT2D eigenvalue weighted by Gasteiger charge is 2.61. The molecule has 3 saturated carbocycles. The van der Waals surface area contributed by atoms with Crippen molar-refractivity contribution in [2.75, 3.05) is 6.61 Å². The monoisotopic (exact) mass is 412 g/mol. The van der Waals surface area contributed by atoms with Gasteiger partial charge >= 0.3 is 5.97 Å². The summed E-state index contributed by atoms with van der Waals surface area (Å²) in [6.45, 7) is 9.12. The number of hydrogen-bond acceptors (Lipinski definition) is 4. The third-order valence-electron chi connectivity index (χ3n) is 9.31. The minimum absolute atomic E-state index is 0.0152. The molecule has 0 aromatic rings. The van der Waals surface area contributed by atoms with Crippen LogP contribution in [0.2, 0.25) is 0 Å². The number of allylic oxidation sites excluding steroid dienone is 3. The van der Waals surface area contributed by atoms with Crippen LogP contribution in [-0.2, 0) is 19.1 Å². The topological polar surface area (TPSA) is 60.4 Å². The molecule has 0 heterocycles. The molecule has 4 rings (SSSR count). The van der Waals surface area contributed by atoms with E-state index in [0.29, 0.717) is 37.2 Å². The first-order valence-corrected chi connectivity index (χ1v) is 11.8. The van der Waals surface area contributed by atoms with Crippen LogP contribution in [0.25, 0.3) is 0 Å². The summed E-state index contributed by atoms with van der Waals surface area (Å²) in [6, 6.07) is 0. The molecule has 0 aromatic heterocycles. The fourth-order valence-electron chi connectivity index (χ4n) is 7.68. The molecule has 4 nitrogen and oxygen atoms in total. The predicted octanol–water partition coefficient (Wildman–Crippen LogP) is 5.07. The summed E-state index contributed by atoms with van der Waals surface area (Å²) >= 11 is 0. The molecule has 0 unspecified atom stereocenters. The number of rotatable bonds is 4. The minimum Gasteiger partial charge on any atom is -0.463 e. The Morgan fingerprint density at radius 2 is 1.97 bits per heavy atom. The molecule has 0 saturated heterocycles. The second-order valence-corrected chi connectivity index (χ2v) is 10.6. The van der Waals surface area contributed by atoms with Crippen molar-refractivity contribution in [1.29, 1.82) is 0 Å². The van der Waals surface area contributed by atoms with Crippen LogP contribution in [0.4, 0.5) is 0 Å². The van der Waals surface area contributed by atoms with Crippen LogP contribution >= 0.6 is 0 Å². The molecule has 164 valence electrons. The van der Waals surface area contributed by atoms with Gasteiger partial charge in [0.1, 0.15) is 5.78 Å². The number of Topliss-reactive ketones (excluding diaryl/α,β-unsaturated/α-hetero) is 1. The van der Waals surface area contributed by atoms with Gasteiger partial charge in [-0.15, -0.1) is 0 Å². The maximum atomic E-state index is 13.3. The van der Waals surface area contributed by atoms with Gasteiger partial charge in [0, 0.05) is 24.8 Å². The van der Waals surface area contributed by atoms with Crippen LogP contribution in [-0.4, -0.2) is 24.1 Å². The van der Waals surface area contributed by atoms with Gasteiger partial charge < -0.3 is 4.74 Å². The fourth-order valence-corrected chi connectivity index (χ4v) is 7.68. The van der Waals surface area contributed by atoms with Gasteiger partial charge in [-0.3, -0.25) is 9.59 Å². The number of fused-ring (bicyclic) bond motifs is 5. The molecule has 30 heavy (non-hydrogen) atoms. The van der Waals surface area contributed by atoms with Crippen molar-refractivity contribution in [1.82, 2.24) is 0 Å². The largest absolute Gasteiger partial charge is 0.463 e. The van der Waals surface area contributed by atoms with Crippen molar-refractivity contribution in [3.05, 3.63) is 23.8 Å². The summed E-state index contributed by atoms with van der Waals surface area (Å²) in [5, 5.41) is 0. The second kappa shape index (κ2) is 7.76. The Kier molecular flexibility index (Phi) is 5.57. The zero-order valence-electron chi connectivity index (χ0n) is 18.9. The van der Waals surface area contributed by atoms with Gasteiger partial charge in [0.25, 0.3) is 0 Å². The zero-order valence-corrected chi connectivity index (χ0v) is 18.9. The average molecular weight is 413 g/mol. The average Bonchev–Trinajstić information content (AvgIpc) is 3.05. The van der Waals surface area contributed by atoms with E-state index in [1.165, 1.54) is 0 Å². The van der Waals surface area contributed by atoms with E-state index in [2.05, 4.69) is 20.8 Å². The highest BCUT2D eigenvalue weighted by molar-refractivity contribution is 5.96. The number of ether oxygens (including phenoxy) is 1. The molecule has 0 bridgehead atoms. The van der Waals surface area contributed by atoms with Crippen LogP contribution < -0.4 is 0 Å². The smallest absolute Gasteiger partial charge is 0.330 e. The Morgan fingerprint density at radius 1 is 1.20 bits per heavy atom. The van der Waals surface area contributed by atoms with E-state index in [9.17, 15) is 14.4 Å². The molecule has 4 aliphatic rings. The maximum Gasteiger partial charge on any atom is 0.330 e. The summed E-state index contributed by atoms with van der Waals surface area (Å²) in [4.78, 5) is 37.1. The lowest BCUT2D eigenvalue weighted by Gasteiger charge is -2.57. The number of hydrogen-bond donors (Lipinski definition) is 0. The number of esters is 1. The summed E-state index contributed by atoms with van der Waals surface area (Å²) in [7, 11) is 0. The predicted molar refractivity (Wildman–Crippen MR) is 116 cm³/mol. The van der Waals surface area contributed by atoms with Crippen molar-refractivity contribution in [2.24, 2.45) is 40.4 Å².